The van der Waals surface area contributed by atoms with Crippen LogP contribution in [0.4, 0.5) is 0 Å². The lowest BCUT2D eigenvalue weighted by atomic mass is 10.1. The van der Waals surface area contributed by atoms with Crippen LogP contribution in [0.15, 0.2) is 47.8 Å². The van der Waals surface area contributed by atoms with Crippen molar-refractivity contribution in [1.82, 2.24) is 15.2 Å². The van der Waals surface area contributed by atoms with Crippen molar-refractivity contribution in [2.24, 2.45) is 0 Å². The van der Waals surface area contributed by atoms with Crippen LogP contribution in [0.3, 0.4) is 0 Å². The molecule has 0 aliphatic rings. The Kier molecular flexibility index (Phi) is 9.30. The van der Waals surface area contributed by atoms with E-state index in [4.69, 9.17) is 14.2 Å². The third-order valence-electron chi connectivity index (χ3n) is 5.29. The molecule has 7 nitrogen and oxygen atoms in total. The van der Waals surface area contributed by atoms with Gasteiger partial charge in [0, 0.05) is 24.5 Å². The molecule has 3 rings (SSSR count). The molecule has 3 aromatic rings. The van der Waals surface area contributed by atoms with Gasteiger partial charge in [-0.3, -0.25) is 9.69 Å². The van der Waals surface area contributed by atoms with Gasteiger partial charge in [-0.1, -0.05) is 18.2 Å². The van der Waals surface area contributed by atoms with Crippen LogP contribution in [0.2, 0.25) is 0 Å². The minimum atomic E-state index is -0.135. The van der Waals surface area contributed by atoms with E-state index in [1.165, 1.54) is 16.9 Å². The van der Waals surface area contributed by atoms with Crippen molar-refractivity contribution in [2.75, 3.05) is 27.9 Å². The van der Waals surface area contributed by atoms with Crippen LogP contribution in [-0.4, -0.2) is 49.7 Å². The maximum absolute atomic E-state index is 12.3. The van der Waals surface area contributed by atoms with E-state index in [9.17, 15) is 4.79 Å². The second-order valence-electron chi connectivity index (χ2n) is 8.25. The van der Waals surface area contributed by atoms with E-state index < -0.39 is 0 Å². The predicted molar refractivity (Wildman–Crippen MR) is 135 cm³/mol. The quantitative estimate of drug-likeness (QED) is 0.407. The summed E-state index contributed by atoms with van der Waals surface area (Å²) in [6.45, 7) is 6.10. The van der Waals surface area contributed by atoms with E-state index in [1.54, 1.807) is 21.3 Å². The lowest BCUT2D eigenvalue weighted by Crippen LogP contribution is -2.30. The normalized spacial score (nSPS) is 11.0. The number of methoxy groups -OCH3 is 3. The van der Waals surface area contributed by atoms with Crippen molar-refractivity contribution in [1.29, 1.82) is 0 Å². The Bertz CT molecular complexity index is 1070. The molecule has 0 saturated heterocycles. The smallest absolute Gasteiger partial charge is 0.270 e. The standard InChI is InChI=1S/C26H33N3O4S/c1-18(2)27-26(30)22-17-34-25(28-22)16-29(15-20-6-9-21(31-3)10-7-20)13-12-19-8-11-23(32-4)24(14-19)33-5/h6-11,14,17-18H,12-13,15-16H2,1-5H3,(H,27,30). The summed E-state index contributed by atoms with van der Waals surface area (Å²) in [6.07, 6.45) is 0.836. The number of rotatable bonds is 12. The summed E-state index contributed by atoms with van der Waals surface area (Å²) in [6, 6.07) is 14.2. The van der Waals surface area contributed by atoms with Gasteiger partial charge in [-0.05, 0) is 55.7 Å². The number of carbonyl (C=O) groups excluding carboxylic acids is 1. The van der Waals surface area contributed by atoms with E-state index in [0.717, 1.165) is 47.3 Å². The second kappa shape index (κ2) is 12.4. The zero-order valence-corrected chi connectivity index (χ0v) is 21.3. The number of hydrogen-bond donors (Lipinski definition) is 1. The summed E-state index contributed by atoms with van der Waals surface area (Å²) in [5.74, 6) is 2.14. The molecule has 34 heavy (non-hydrogen) atoms. The van der Waals surface area contributed by atoms with Crippen LogP contribution in [0, 0.1) is 0 Å². The maximum Gasteiger partial charge on any atom is 0.270 e. The number of amides is 1. The molecule has 0 bridgehead atoms. The average molecular weight is 484 g/mol. The minimum Gasteiger partial charge on any atom is -0.497 e. The number of aromatic nitrogens is 1. The molecule has 0 unspecified atom stereocenters. The summed E-state index contributed by atoms with van der Waals surface area (Å²) in [5, 5.41) is 5.64. The van der Waals surface area contributed by atoms with E-state index in [2.05, 4.69) is 33.4 Å². The Morgan fingerprint density at radius 3 is 2.32 bits per heavy atom. The molecule has 0 saturated carbocycles. The zero-order chi connectivity index (χ0) is 24.5. The number of nitrogens with one attached hydrogen (secondary N) is 1. The molecule has 0 fully saturated rings. The number of carbonyl (C=O) groups is 1. The van der Waals surface area contributed by atoms with Crippen molar-refractivity contribution in [3.8, 4) is 17.2 Å². The molecule has 1 heterocycles. The third kappa shape index (κ3) is 7.20. The molecule has 0 aliphatic carbocycles. The van der Waals surface area contributed by atoms with Gasteiger partial charge in [-0.2, -0.15) is 0 Å². The molecule has 8 heteroatoms. The number of thiazole rings is 1. The van der Waals surface area contributed by atoms with Crippen molar-refractivity contribution >= 4 is 17.2 Å². The Morgan fingerprint density at radius 1 is 0.971 bits per heavy atom. The molecule has 1 amide bonds. The summed E-state index contributed by atoms with van der Waals surface area (Å²) in [4.78, 5) is 19.2. The average Bonchev–Trinajstić information content (AvgIpc) is 3.31. The Morgan fingerprint density at radius 2 is 1.68 bits per heavy atom. The Balaban J connectivity index is 1.74. The van der Waals surface area contributed by atoms with Crippen LogP contribution in [-0.2, 0) is 19.5 Å². The summed E-state index contributed by atoms with van der Waals surface area (Å²) in [7, 11) is 4.95. The molecule has 0 radical (unpaired) electrons. The van der Waals surface area contributed by atoms with Crippen molar-refractivity contribution in [3.63, 3.8) is 0 Å². The molecule has 0 aliphatic heterocycles. The maximum atomic E-state index is 12.3. The van der Waals surface area contributed by atoms with Crippen LogP contribution < -0.4 is 19.5 Å². The van der Waals surface area contributed by atoms with Crippen molar-refractivity contribution < 1.29 is 19.0 Å². The Hall–Kier alpha value is -3.10. The highest BCUT2D eigenvalue weighted by Gasteiger charge is 2.15. The first kappa shape index (κ1) is 25.5. The highest BCUT2D eigenvalue weighted by atomic mass is 32.1. The fourth-order valence-electron chi connectivity index (χ4n) is 3.54. The SMILES string of the molecule is COc1ccc(CN(CCc2ccc(OC)c(OC)c2)Cc2nc(C(=O)NC(C)C)cs2)cc1. The van der Waals surface area contributed by atoms with Crippen LogP contribution in [0.1, 0.15) is 40.5 Å². The topological polar surface area (TPSA) is 72.9 Å². The second-order valence-corrected chi connectivity index (χ2v) is 9.20. The van der Waals surface area contributed by atoms with Crippen LogP contribution >= 0.6 is 11.3 Å². The van der Waals surface area contributed by atoms with Crippen molar-refractivity contribution in [3.05, 3.63) is 69.7 Å². The van der Waals surface area contributed by atoms with Gasteiger partial charge in [0.2, 0.25) is 0 Å². The van der Waals surface area contributed by atoms with Gasteiger partial charge in [-0.15, -0.1) is 11.3 Å². The predicted octanol–water partition coefficient (Wildman–Crippen LogP) is 4.55. The largest absolute Gasteiger partial charge is 0.497 e. The van der Waals surface area contributed by atoms with E-state index in [0.29, 0.717) is 12.2 Å². The first-order valence-electron chi connectivity index (χ1n) is 11.2. The fourth-order valence-corrected chi connectivity index (χ4v) is 4.36. The van der Waals surface area contributed by atoms with Gasteiger partial charge in [-0.25, -0.2) is 4.98 Å². The summed E-state index contributed by atoms with van der Waals surface area (Å²) < 4.78 is 16.1. The summed E-state index contributed by atoms with van der Waals surface area (Å²) >= 11 is 1.51. The van der Waals surface area contributed by atoms with Crippen molar-refractivity contribution in [2.45, 2.75) is 39.4 Å². The number of benzene rings is 2. The van der Waals surface area contributed by atoms with Crippen LogP contribution in [0.25, 0.3) is 0 Å². The molecule has 1 N–H and O–H groups in total. The molecular weight excluding hydrogens is 450 g/mol. The third-order valence-corrected chi connectivity index (χ3v) is 6.13. The van der Waals surface area contributed by atoms with Gasteiger partial charge < -0.3 is 19.5 Å². The fraction of sp³-hybridized carbons (Fsp3) is 0.385. The molecule has 2 aromatic carbocycles. The monoisotopic (exact) mass is 483 g/mol. The molecule has 182 valence electrons. The van der Waals surface area contributed by atoms with Gasteiger partial charge in [0.15, 0.2) is 11.5 Å². The Labute approximate surface area is 205 Å². The van der Waals surface area contributed by atoms with E-state index >= 15 is 0 Å². The lowest BCUT2D eigenvalue weighted by molar-refractivity contribution is 0.0938. The highest BCUT2D eigenvalue weighted by Crippen LogP contribution is 2.28. The van der Waals surface area contributed by atoms with Gasteiger partial charge >= 0.3 is 0 Å². The lowest BCUT2D eigenvalue weighted by Gasteiger charge is -2.22. The molecule has 1 aromatic heterocycles. The summed E-state index contributed by atoms with van der Waals surface area (Å²) in [5.41, 5.74) is 2.81. The van der Waals surface area contributed by atoms with E-state index in [1.807, 2.05) is 43.5 Å². The first-order valence-corrected chi connectivity index (χ1v) is 12.1. The number of ether oxygens (including phenoxy) is 3. The minimum absolute atomic E-state index is 0.0747. The van der Waals surface area contributed by atoms with Crippen LogP contribution in [0.5, 0.6) is 17.2 Å². The zero-order valence-electron chi connectivity index (χ0n) is 20.5. The first-order chi connectivity index (χ1) is 16.4. The molecular formula is C26H33N3O4S. The van der Waals surface area contributed by atoms with E-state index in [-0.39, 0.29) is 11.9 Å². The van der Waals surface area contributed by atoms with Gasteiger partial charge in [0.1, 0.15) is 16.5 Å². The van der Waals surface area contributed by atoms with Gasteiger partial charge in [0.05, 0.1) is 27.9 Å². The number of nitrogens with zero attached hydrogens (tertiary/aromatic N) is 2. The van der Waals surface area contributed by atoms with Gasteiger partial charge in [0.25, 0.3) is 5.91 Å². The number of hydrogen-bond acceptors (Lipinski definition) is 7. The molecule has 0 atom stereocenters. The molecule has 0 spiro atoms. The highest BCUT2D eigenvalue weighted by molar-refractivity contribution is 7.09.